The maximum Gasteiger partial charge on any atom is 0.220 e. The first-order valence-corrected chi connectivity index (χ1v) is 11.8. The third-order valence-electron chi connectivity index (χ3n) is 4.60. The molecule has 154 valence electrons. The van der Waals surface area contributed by atoms with Crippen LogP contribution in [0.2, 0.25) is 0 Å². The van der Waals surface area contributed by atoms with Gasteiger partial charge in [-0.05, 0) is 30.9 Å². The molecule has 0 aliphatic heterocycles. The van der Waals surface area contributed by atoms with Gasteiger partial charge in [-0.1, -0.05) is 66.7 Å². The van der Waals surface area contributed by atoms with Crippen molar-refractivity contribution >= 4 is 23.5 Å². The molecule has 0 bridgehead atoms. The van der Waals surface area contributed by atoms with Crippen molar-refractivity contribution < 1.29 is 9.59 Å². The summed E-state index contributed by atoms with van der Waals surface area (Å²) in [6, 6.07) is 0. The molecule has 0 rings (SSSR count). The van der Waals surface area contributed by atoms with Gasteiger partial charge in [0.05, 0.1) is 0 Å². The summed E-state index contributed by atoms with van der Waals surface area (Å²) in [4.78, 5) is 24.0. The highest BCUT2D eigenvalue weighted by molar-refractivity contribution is 7.99. The number of amides is 1. The molecule has 0 spiro atoms. The molecular weight excluding hydrogens is 342 g/mol. The molecule has 1 unspecified atom stereocenters. The van der Waals surface area contributed by atoms with Crippen LogP contribution in [0.4, 0.5) is 0 Å². The second kappa shape index (κ2) is 16.6. The Labute approximate surface area is 166 Å². The zero-order chi connectivity index (χ0) is 19.8. The van der Waals surface area contributed by atoms with Crippen molar-refractivity contribution in [1.29, 1.82) is 0 Å². The van der Waals surface area contributed by atoms with Gasteiger partial charge in [-0.3, -0.25) is 9.59 Å². The van der Waals surface area contributed by atoms with Crippen LogP contribution in [0.25, 0.3) is 0 Å². The van der Waals surface area contributed by atoms with Crippen LogP contribution < -0.4 is 5.32 Å². The van der Waals surface area contributed by atoms with E-state index in [2.05, 4.69) is 26.1 Å². The lowest BCUT2D eigenvalue weighted by atomic mass is 10.0. The molecule has 0 radical (unpaired) electrons. The highest BCUT2D eigenvalue weighted by Crippen LogP contribution is 2.22. The van der Waals surface area contributed by atoms with Crippen LogP contribution in [0.3, 0.4) is 0 Å². The maximum absolute atomic E-state index is 12.0. The lowest BCUT2D eigenvalue weighted by Gasteiger charge is -2.16. The number of Topliss-reactive ketones (excluding diaryl/α,β-unsaturated/α-hetero) is 1. The minimum absolute atomic E-state index is 0.0918. The van der Waals surface area contributed by atoms with E-state index in [0.717, 1.165) is 37.5 Å². The number of rotatable bonds is 17. The van der Waals surface area contributed by atoms with Crippen LogP contribution in [0.5, 0.6) is 0 Å². The summed E-state index contributed by atoms with van der Waals surface area (Å²) in [6.07, 6.45) is 10.6. The number of hydrogen-bond donors (Lipinski definition) is 1. The Hall–Kier alpha value is -0.510. The average Bonchev–Trinajstić information content (AvgIpc) is 2.58. The van der Waals surface area contributed by atoms with E-state index in [1.807, 2.05) is 25.6 Å². The summed E-state index contributed by atoms with van der Waals surface area (Å²) in [5, 5.41) is 3.33. The Balaban J connectivity index is 3.82. The van der Waals surface area contributed by atoms with Gasteiger partial charge >= 0.3 is 0 Å². The Bertz CT molecular complexity index is 369. The summed E-state index contributed by atoms with van der Waals surface area (Å²) in [6.45, 7) is 11.4. The van der Waals surface area contributed by atoms with Gasteiger partial charge < -0.3 is 5.32 Å². The molecule has 0 heterocycles. The van der Waals surface area contributed by atoms with Crippen LogP contribution >= 0.6 is 11.8 Å². The summed E-state index contributed by atoms with van der Waals surface area (Å²) in [5.41, 5.74) is 0. The molecule has 3 nitrogen and oxygen atoms in total. The van der Waals surface area contributed by atoms with E-state index in [-0.39, 0.29) is 17.1 Å². The SMILES string of the molecule is CCCSC(CCC(=O)NCCCCCCCC(C)C)CC(=O)C(C)C. The Morgan fingerprint density at radius 1 is 0.923 bits per heavy atom. The smallest absolute Gasteiger partial charge is 0.220 e. The Morgan fingerprint density at radius 3 is 2.19 bits per heavy atom. The largest absolute Gasteiger partial charge is 0.356 e. The molecule has 0 fully saturated rings. The molecular formula is C22H43NO2S. The summed E-state index contributed by atoms with van der Waals surface area (Å²) in [5.74, 6) is 2.42. The van der Waals surface area contributed by atoms with Crippen molar-refractivity contribution in [2.75, 3.05) is 12.3 Å². The molecule has 0 aromatic heterocycles. The second-order valence-corrected chi connectivity index (χ2v) is 9.57. The molecule has 0 aromatic carbocycles. The minimum atomic E-state index is 0.0918. The minimum Gasteiger partial charge on any atom is -0.356 e. The van der Waals surface area contributed by atoms with Crippen molar-refractivity contribution in [1.82, 2.24) is 5.32 Å². The van der Waals surface area contributed by atoms with Crippen molar-refractivity contribution in [3.05, 3.63) is 0 Å². The monoisotopic (exact) mass is 385 g/mol. The zero-order valence-electron chi connectivity index (χ0n) is 17.9. The normalized spacial score (nSPS) is 12.6. The van der Waals surface area contributed by atoms with Gasteiger partial charge in [0.15, 0.2) is 0 Å². The summed E-state index contributed by atoms with van der Waals surface area (Å²) >= 11 is 1.85. The molecule has 0 aliphatic carbocycles. The fraction of sp³-hybridized carbons (Fsp3) is 0.909. The molecule has 1 amide bonds. The van der Waals surface area contributed by atoms with E-state index in [1.54, 1.807) is 0 Å². The van der Waals surface area contributed by atoms with Crippen molar-refractivity contribution in [3.8, 4) is 0 Å². The van der Waals surface area contributed by atoms with Crippen LogP contribution in [-0.2, 0) is 9.59 Å². The zero-order valence-corrected chi connectivity index (χ0v) is 18.8. The topological polar surface area (TPSA) is 46.2 Å². The second-order valence-electron chi connectivity index (χ2n) is 8.16. The average molecular weight is 386 g/mol. The van der Waals surface area contributed by atoms with E-state index in [0.29, 0.717) is 18.6 Å². The van der Waals surface area contributed by atoms with Crippen molar-refractivity contribution in [2.24, 2.45) is 11.8 Å². The third kappa shape index (κ3) is 15.7. The van der Waals surface area contributed by atoms with Gasteiger partial charge in [-0.15, -0.1) is 0 Å². The molecule has 1 N–H and O–H groups in total. The third-order valence-corrected chi connectivity index (χ3v) is 6.12. The van der Waals surface area contributed by atoms with E-state index >= 15 is 0 Å². The quantitative estimate of drug-likeness (QED) is 0.312. The highest BCUT2D eigenvalue weighted by Gasteiger charge is 2.17. The summed E-state index contributed by atoms with van der Waals surface area (Å²) in [7, 11) is 0. The number of carbonyl (C=O) groups excluding carboxylic acids is 2. The predicted molar refractivity (Wildman–Crippen MR) is 116 cm³/mol. The fourth-order valence-corrected chi connectivity index (χ4v) is 3.94. The number of unbranched alkanes of at least 4 members (excludes halogenated alkanes) is 4. The van der Waals surface area contributed by atoms with E-state index in [1.165, 1.54) is 32.1 Å². The van der Waals surface area contributed by atoms with Gasteiger partial charge in [0, 0.05) is 30.6 Å². The molecule has 0 saturated heterocycles. The molecule has 0 saturated carbocycles. The Morgan fingerprint density at radius 2 is 1.58 bits per heavy atom. The molecule has 0 aliphatic rings. The number of hydrogen-bond acceptors (Lipinski definition) is 3. The number of ketones is 1. The van der Waals surface area contributed by atoms with Crippen LogP contribution in [0.1, 0.15) is 98.8 Å². The first kappa shape index (κ1) is 25.5. The van der Waals surface area contributed by atoms with Crippen LogP contribution in [0, 0.1) is 11.8 Å². The van der Waals surface area contributed by atoms with E-state index < -0.39 is 0 Å². The van der Waals surface area contributed by atoms with Gasteiger partial charge in [0.2, 0.25) is 5.91 Å². The summed E-state index contributed by atoms with van der Waals surface area (Å²) < 4.78 is 0. The van der Waals surface area contributed by atoms with Crippen LogP contribution in [0.15, 0.2) is 0 Å². The van der Waals surface area contributed by atoms with Gasteiger partial charge in [0.25, 0.3) is 0 Å². The number of nitrogens with one attached hydrogen (secondary N) is 1. The molecule has 4 heteroatoms. The lowest BCUT2D eigenvalue weighted by molar-refractivity contribution is -0.123. The Kier molecular flexibility index (Phi) is 16.3. The van der Waals surface area contributed by atoms with Crippen LogP contribution in [-0.4, -0.2) is 29.2 Å². The van der Waals surface area contributed by atoms with Crippen molar-refractivity contribution in [2.45, 2.75) is 104 Å². The van der Waals surface area contributed by atoms with Gasteiger partial charge in [0.1, 0.15) is 5.78 Å². The standard InChI is InChI=1S/C22H43NO2S/c1-6-16-26-20(17-21(24)19(4)5)13-14-22(25)23-15-11-9-7-8-10-12-18(2)3/h18-20H,6-17H2,1-5H3,(H,23,25). The van der Waals surface area contributed by atoms with E-state index in [9.17, 15) is 9.59 Å². The first-order valence-electron chi connectivity index (χ1n) is 10.8. The molecule has 1 atom stereocenters. The van der Waals surface area contributed by atoms with Crippen molar-refractivity contribution in [3.63, 3.8) is 0 Å². The van der Waals surface area contributed by atoms with E-state index in [4.69, 9.17) is 0 Å². The number of carbonyl (C=O) groups is 2. The fourth-order valence-electron chi connectivity index (χ4n) is 2.81. The lowest BCUT2D eigenvalue weighted by Crippen LogP contribution is -2.26. The van der Waals surface area contributed by atoms with Gasteiger partial charge in [-0.2, -0.15) is 11.8 Å². The molecule has 0 aromatic rings. The predicted octanol–water partition coefficient (Wildman–Crippen LogP) is 6.01. The highest BCUT2D eigenvalue weighted by atomic mass is 32.2. The van der Waals surface area contributed by atoms with Gasteiger partial charge in [-0.25, -0.2) is 0 Å². The maximum atomic E-state index is 12.0. The molecule has 26 heavy (non-hydrogen) atoms. The number of thioether (sulfide) groups is 1. The first-order chi connectivity index (χ1) is 12.4.